The number of halogens is 2. The molecular weight excluding hydrogens is 483 g/mol. The summed E-state index contributed by atoms with van der Waals surface area (Å²) in [5.41, 5.74) is 3.01. The molecule has 0 aliphatic rings. The summed E-state index contributed by atoms with van der Waals surface area (Å²) in [4.78, 5) is 20.8. The van der Waals surface area contributed by atoms with Gasteiger partial charge in [0.05, 0.1) is 18.2 Å². The zero-order valence-corrected chi connectivity index (χ0v) is 20.2. The minimum absolute atomic E-state index is 0.00174. The lowest BCUT2D eigenvalue weighted by Gasteiger charge is -2.14. The summed E-state index contributed by atoms with van der Waals surface area (Å²) in [6.07, 6.45) is 8.39. The predicted octanol–water partition coefficient (Wildman–Crippen LogP) is 5.56. The second-order valence-electron chi connectivity index (χ2n) is 7.62. The van der Waals surface area contributed by atoms with Crippen LogP contribution in [0.1, 0.15) is 12.5 Å². The van der Waals surface area contributed by atoms with E-state index in [1.54, 1.807) is 31.5 Å². The van der Waals surface area contributed by atoms with Gasteiger partial charge in [-0.15, -0.1) is 0 Å². The molecule has 0 atom stereocenters. The lowest BCUT2D eigenvalue weighted by atomic mass is 10.0. The average Bonchev–Trinajstić information content (AvgIpc) is 3.39. The maximum absolute atomic E-state index is 13.5. The first kappa shape index (κ1) is 24.9. The number of nitrogens with zero attached hydrogens (tertiary/aromatic N) is 4. The SMILES string of the molecule is CCOC(=O)/C=C/c1cccc(-c2cnc(Nc3ccc(F)c(Cl)c3)nc2NCCn2cccn2)c1. The highest BCUT2D eigenvalue weighted by molar-refractivity contribution is 6.31. The summed E-state index contributed by atoms with van der Waals surface area (Å²) in [5, 5.41) is 10.6. The van der Waals surface area contributed by atoms with Crippen LogP contribution in [0.4, 0.5) is 21.8 Å². The van der Waals surface area contributed by atoms with E-state index >= 15 is 0 Å². The number of esters is 1. The second kappa shape index (κ2) is 11.9. The quantitative estimate of drug-likeness (QED) is 0.215. The van der Waals surface area contributed by atoms with Gasteiger partial charge in [-0.3, -0.25) is 4.68 Å². The summed E-state index contributed by atoms with van der Waals surface area (Å²) < 4.78 is 20.3. The average molecular weight is 507 g/mol. The van der Waals surface area contributed by atoms with E-state index in [-0.39, 0.29) is 5.02 Å². The van der Waals surface area contributed by atoms with E-state index in [1.807, 2.05) is 41.2 Å². The van der Waals surface area contributed by atoms with Crippen LogP contribution in [0.15, 0.2) is 73.2 Å². The fourth-order valence-electron chi connectivity index (χ4n) is 3.38. The summed E-state index contributed by atoms with van der Waals surface area (Å²) >= 11 is 5.90. The van der Waals surface area contributed by atoms with Crippen molar-refractivity contribution in [2.24, 2.45) is 0 Å². The van der Waals surface area contributed by atoms with Crippen molar-refractivity contribution in [1.82, 2.24) is 19.7 Å². The Morgan fingerprint density at radius 3 is 2.89 bits per heavy atom. The van der Waals surface area contributed by atoms with Crippen molar-refractivity contribution in [3.8, 4) is 11.1 Å². The van der Waals surface area contributed by atoms with Crippen LogP contribution >= 0.6 is 11.6 Å². The Bertz CT molecular complexity index is 1360. The highest BCUT2D eigenvalue weighted by Gasteiger charge is 2.11. The van der Waals surface area contributed by atoms with Gasteiger partial charge >= 0.3 is 5.97 Å². The molecule has 0 aliphatic carbocycles. The topological polar surface area (TPSA) is 94.0 Å². The van der Waals surface area contributed by atoms with E-state index in [0.29, 0.717) is 37.1 Å². The number of hydrogen-bond donors (Lipinski definition) is 2. The molecule has 0 amide bonds. The lowest BCUT2D eigenvalue weighted by Crippen LogP contribution is -2.13. The van der Waals surface area contributed by atoms with E-state index in [1.165, 1.54) is 18.2 Å². The highest BCUT2D eigenvalue weighted by Crippen LogP contribution is 2.29. The smallest absolute Gasteiger partial charge is 0.330 e. The van der Waals surface area contributed by atoms with Crippen LogP contribution in [-0.4, -0.2) is 38.9 Å². The molecule has 0 bridgehead atoms. The maximum Gasteiger partial charge on any atom is 0.330 e. The van der Waals surface area contributed by atoms with Gasteiger partial charge in [0.1, 0.15) is 11.6 Å². The van der Waals surface area contributed by atoms with Crippen LogP contribution in [0.3, 0.4) is 0 Å². The number of ether oxygens (including phenoxy) is 1. The zero-order chi connectivity index (χ0) is 25.3. The molecule has 184 valence electrons. The molecule has 4 rings (SSSR count). The Hall–Kier alpha value is -4.24. The number of nitrogens with one attached hydrogen (secondary N) is 2. The van der Waals surface area contributed by atoms with Gasteiger partial charge < -0.3 is 15.4 Å². The molecule has 0 unspecified atom stereocenters. The third kappa shape index (κ3) is 6.67. The Morgan fingerprint density at radius 2 is 2.11 bits per heavy atom. The molecule has 0 spiro atoms. The van der Waals surface area contributed by atoms with Crippen LogP contribution in [0.25, 0.3) is 17.2 Å². The van der Waals surface area contributed by atoms with Crippen molar-refractivity contribution < 1.29 is 13.9 Å². The number of anilines is 3. The minimum atomic E-state index is -0.503. The van der Waals surface area contributed by atoms with Gasteiger partial charge in [0.2, 0.25) is 5.95 Å². The summed E-state index contributed by atoms with van der Waals surface area (Å²) in [5.74, 6) is 0.0145. The van der Waals surface area contributed by atoms with Gasteiger partial charge in [0.15, 0.2) is 0 Å². The van der Waals surface area contributed by atoms with Crippen LogP contribution < -0.4 is 10.6 Å². The number of aromatic nitrogens is 4. The molecule has 0 saturated heterocycles. The van der Waals surface area contributed by atoms with E-state index in [4.69, 9.17) is 16.3 Å². The van der Waals surface area contributed by atoms with Crippen LogP contribution in [0.2, 0.25) is 5.02 Å². The van der Waals surface area contributed by atoms with Crippen molar-refractivity contribution in [3.05, 3.63) is 89.6 Å². The summed E-state index contributed by atoms with van der Waals surface area (Å²) in [6.45, 7) is 3.28. The molecule has 2 N–H and O–H groups in total. The molecule has 2 aromatic heterocycles. The van der Waals surface area contributed by atoms with Crippen molar-refractivity contribution in [2.75, 3.05) is 23.8 Å². The molecule has 10 heteroatoms. The van der Waals surface area contributed by atoms with Crippen LogP contribution in [0.5, 0.6) is 0 Å². The first-order valence-electron chi connectivity index (χ1n) is 11.3. The van der Waals surface area contributed by atoms with E-state index in [2.05, 4.69) is 25.7 Å². The number of benzene rings is 2. The van der Waals surface area contributed by atoms with Gasteiger partial charge in [0, 0.05) is 42.5 Å². The molecule has 2 heterocycles. The molecule has 0 fully saturated rings. The molecule has 0 aliphatic heterocycles. The predicted molar refractivity (Wildman–Crippen MR) is 139 cm³/mol. The third-order valence-corrected chi connectivity index (χ3v) is 5.34. The first-order chi connectivity index (χ1) is 17.5. The summed E-state index contributed by atoms with van der Waals surface area (Å²) in [6, 6.07) is 13.8. The van der Waals surface area contributed by atoms with Crippen LogP contribution in [-0.2, 0) is 16.1 Å². The molecule has 36 heavy (non-hydrogen) atoms. The molecule has 8 nitrogen and oxygen atoms in total. The zero-order valence-electron chi connectivity index (χ0n) is 19.5. The van der Waals surface area contributed by atoms with Crippen molar-refractivity contribution in [1.29, 1.82) is 0 Å². The largest absolute Gasteiger partial charge is 0.463 e. The van der Waals surface area contributed by atoms with Gasteiger partial charge in [-0.1, -0.05) is 29.8 Å². The molecule has 0 saturated carbocycles. The highest BCUT2D eigenvalue weighted by atomic mass is 35.5. The maximum atomic E-state index is 13.5. The first-order valence-corrected chi connectivity index (χ1v) is 11.7. The van der Waals surface area contributed by atoms with E-state index < -0.39 is 11.8 Å². The molecule has 4 aromatic rings. The Kier molecular flexibility index (Phi) is 8.25. The molecule has 0 radical (unpaired) electrons. The van der Waals surface area contributed by atoms with Gasteiger partial charge in [-0.2, -0.15) is 10.1 Å². The second-order valence-corrected chi connectivity index (χ2v) is 8.02. The lowest BCUT2D eigenvalue weighted by molar-refractivity contribution is -0.137. The van der Waals surface area contributed by atoms with Gasteiger partial charge in [-0.25, -0.2) is 14.2 Å². The monoisotopic (exact) mass is 506 g/mol. The Morgan fingerprint density at radius 1 is 1.22 bits per heavy atom. The van der Waals surface area contributed by atoms with Crippen molar-refractivity contribution in [3.63, 3.8) is 0 Å². The standard InChI is InChI=1S/C26H24ClFN6O2/c1-2-36-24(35)10-7-18-5-3-6-19(15-18)21-17-30-26(32-20-8-9-23(28)22(27)16-20)33-25(21)29-12-14-34-13-4-11-31-34/h3-11,13,15-17H,2,12,14H2,1H3,(H2,29,30,32,33)/b10-7+. The Balaban J connectivity index is 1.61. The summed E-state index contributed by atoms with van der Waals surface area (Å²) in [7, 11) is 0. The number of rotatable bonds is 10. The number of carbonyl (C=O) groups is 1. The minimum Gasteiger partial charge on any atom is -0.463 e. The third-order valence-electron chi connectivity index (χ3n) is 5.05. The van der Waals surface area contributed by atoms with Gasteiger partial charge in [0.25, 0.3) is 0 Å². The number of carbonyl (C=O) groups excluding carboxylic acids is 1. The fourth-order valence-corrected chi connectivity index (χ4v) is 3.56. The Labute approximate surface area is 212 Å². The normalized spacial score (nSPS) is 11.0. The van der Waals surface area contributed by atoms with E-state index in [9.17, 15) is 9.18 Å². The van der Waals surface area contributed by atoms with Crippen molar-refractivity contribution >= 4 is 41.1 Å². The van der Waals surface area contributed by atoms with Crippen LogP contribution in [0, 0.1) is 5.82 Å². The molecular formula is C26H24ClFN6O2. The molecule has 2 aromatic carbocycles. The van der Waals surface area contributed by atoms with Gasteiger partial charge in [-0.05, 0) is 54.5 Å². The van der Waals surface area contributed by atoms with Crippen molar-refractivity contribution in [2.45, 2.75) is 13.5 Å². The van der Waals surface area contributed by atoms with E-state index in [0.717, 1.165) is 16.7 Å². The number of hydrogen-bond acceptors (Lipinski definition) is 7. The fraction of sp³-hybridized carbons (Fsp3) is 0.154.